The first kappa shape index (κ1) is 17.2. The molecule has 1 aromatic carbocycles. The van der Waals surface area contributed by atoms with Gasteiger partial charge in [-0.2, -0.15) is 5.10 Å². The number of nitrogens with zero attached hydrogens (tertiary/aromatic N) is 2. The Hall–Kier alpha value is -2.15. The molecule has 2 N–H and O–H groups in total. The van der Waals surface area contributed by atoms with Gasteiger partial charge in [0.2, 0.25) is 0 Å². The lowest BCUT2D eigenvalue weighted by atomic mass is 10.0. The lowest BCUT2D eigenvalue weighted by Gasteiger charge is -2.17. The van der Waals surface area contributed by atoms with E-state index in [2.05, 4.69) is 26.3 Å². The van der Waals surface area contributed by atoms with E-state index < -0.39 is 17.9 Å². The molecule has 0 saturated heterocycles. The third-order valence-corrected chi connectivity index (χ3v) is 4.35. The topological polar surface area (TPSA) is 84.2 Å². The molecule has 1 aromatic heterocycles. The van der Waals surface area contributed by atoms with Gasteiger partial charge in [-0.1, -0.05) is 15.9 Å². The first-order chi connectivity index (χ1) is 10.8. The number of amides is 1. The number of carbonyl (C=O) groups excluding carboxylic acids is 1. The smallest absolute Gasteiger partial charge is 0.308 e. The Morgan fingerprint density at radius 3 is 2.43 bits per heavy atom. The third-order valence-electron chi connectivity index (χ3n) is 3.82. The van der Waals surface area contributed by atoms with Crippen molar-refractivity contribution >= 4 is 27.8 Å². The summed E-state index contributed by atoms with van der Waals surface area (Å²) in [5, 5.41) is 16.0. The van der Waals surface area contributed by atoms with Gasteiger partial charge in [0.05, 0.1) is 29.1 Å². The first-order valence-corrected chi connectivity index (χ1v) is 7.94. The Balaban J connectivity index is 2.20. The van der Waals surface area contributed by atoms with E-state index in [1.54, 1.807) is 25.5 Å². The number of halogens is 1. The van der Waals surface area contributed by atoms with Gasteiger partial charge in [-0.3, -0.25) is 9.59 Å². The second-order valence-corrected chi connectivity index (χ2v) is 6.34. The number of carbonyl (C=O) groups is 2. The fraction of sp³-hybridized carbons (Fsp3) is 0.312. The second kappa shape index (κ2) is 6.95. The molecule has 2 atom stereocenters. The van der Waals surface area contributed by atoms with E-state index >= 15 is 0 Å². The highest BCUT2D eigenvalue weighted by atomic mass is 79.9. The van der Waals surface area contributed by atoms with E-state index in [1.807, 2.05) is 24.3 Å². The van der Waals surface area contributed by atoms with E-state index in [4.69, 9.17) is 5.11 Å². The second-order valence-electron chi connectivity index (χ2n) is 5.42. The number of carboxylic acids is 1. The lowest BCUT2D eigenvalue weighted by Crippen LogP contribution is -2.40. The maximum absolute atomic E-state index is 12.3. The maximum atomic E-state index is 12.3. The minimum Gasteiger partial charge on any atom is -0.481 e. The summed E-state index contributed by atoms with van der Waals surface area (Å²) >= 11 is 3.38. The quantitative estimate of drug-likeness (QED) is 0.836. The number of benzene rings is 1. The highest BCUT2D eigenvalue weighted by Crippen LogP contribution is 2.17. The molecule has 1 amide bonds. The zero-order valence-electron chi connectivity index (χ0n) is 13.1. The van der Waals surface area contributed by atoms with Crippen molar-refractivity contribution in [2.75, 3.05) is 0 Å². The van der Waals surface area contributed by atoms with Crippen LogP contribution in [0.2, 0.25) is 0 Å². The summed E-state index contributed by atoms with van der Waals surface area (Å²) in [7, 11) is 0. The van der Waals surface area contributed by atoms with Crippen LogP contribution in [0.5, 0.6) is 0 Å². The molecule has 122 valence electrons. The van der Waals surface area contributed by atoms with E-state index in [0.717, 1.165) is 10.2 Å². The fourth-order valence-electron chi connectivity index (χ4n) is 2.10. The van der Waals surface area contributed by atoms with Crippen LogP contribution in [-0.4, -0.2) is 32.8 Å². The predicted molar refractivity (Wildman–Crippen MR) is 89.7 cm³/mol. The molecule has 2 aromatic rings. The molecule has 0 radical (unpaired) electrons. The molecule has 0 spiro atoms. The molecule has 0 aliphatic rings. The van der Waals surface area contributed by atoms with Gasteiger partial charge >= 0.3 is 5.97 Å². The zero-order chi connectivity index (χ0) is 17.1. The molecule has 1 heterocycles. The molecule has 2 unspecified atom stereocenters. The van der Waals surface area contributed by atoms with Crippen LogP contribution in [0.4, 0.5) is 0 Å². The summed E-state index contributed by atoms with van der Waals surface area (Å²) in [5.74, 6) is -1.94. The van der Waals surface area contributed by atoms with Gasteiger partial charge in [0.15, 0.2) is 0 Å². The molecule has 0 aliphatic heterocycles. The highest BCUT2D eigenvalue weighted by Gasteiger charge is 2.23. The first-order valence-electron chi connectivity index (χ1n) is 7.15. The Labute approximate surface area is 142 Å². The molecule has 2 rings (SSSR count). The van der Waals surface area contributed by atoms with Crippen molar-refractivity contribution in [3.8, 4) is 5.69 Å². The van der Waals surface area contributed by atoms with Crippen LogP contribution in [0.25, 0.3) is 5.69 Å². The van der Waals surface area contributed by atoms with Gasteiger partial charge in [-0.25, -0.2) is 4.68 Å². The number of hydrogen-bond donors (Lipinski definition) is 2. The number of rotatable bonds is 5. The standard InChI is InChI=1S/C16H18BrN3O3/c1-9(16(22)23)10(2)19-15(21)14-8-18-20(11(14)3)13-6-4-12(17)5-7-13/h4-10H,1-3H3,(H,19,21)(H,22,23). The third kappa shape index (κ3) is 3.79. The van der Waals surface area contributed by atoms with Crippen LogP contribution in [0.15, 0.2) is 34.9 Å². The van der Waals surface area contributed by atoms with Gasteiger partial charge in [0.1, 0.15) is 0 Å². The van der Waals surface area contributed by atoms with Gasteiger partial charge < -0.3 is 10.4 Å². The minimum atomic E-state index is -0.944. The summed E-state index contributed by atoms with van der Waals surface area (Å²) in [6.45, 7) is 5.03. The molecule has 0 saturated carbocycles. The largest absolute Gasteiger partial charge is 0.481 e. The molecule has 0 bridgehead atoms. The number of carboxylic acid groups (broad SMARTS) is 1. The number of nitrogens with one attached hydrogen (secondary N) is 1. The average molecular weight is 380 g/mol. The zero-order valence-corrected chi connectivity index (χ0v) is 14.7. The molecule has 6 nitrogen and oxygen atoms in total. The maximum Gasteiger partial charge on any atom is 0.308 e. The lowest BCUT2D eigenvalue weighted by molar-refractivity contribution is -0.141. The van der Waals surface area contributed by atoms with Crippen molar-refractivity contribution in [2.24, 2.45) is 5.92 Å². The Morgan fingerprint density at radius 1 is 1.26 bits per heavy atom. The van der Waals surface area contributed by atoms with Gasteiger partial charge in [0, 0.05) is 10.5 Å². The minimum absolute atomic E-state index is 0.327. The number of aromatic nitrogens is 2. The number of hydrogen-bond acceptors (Lipinski definition) is 3. The Morgan fingerprint density at radius 2 is 1.87 bits per heavy atom. The molecular formula is C16H18BrN3O3. The monoisotopic (exact) mass is 379 g/mol. The van der Waals surface area contributed by atoms with E-state index in [-0.39, 0.29) is 5.91 Å². The SMILES string of the molecule is Cc1c(C(=O)NC(C)C(C)C(=O)O)cnn1-c1ccc(Br)cc1. The average Bonchev–Trinajstić information content (AvgIpc) is 2.88. The molecule has 23 heavy (non-hydrogen) atoms. The molecule has 0 fully saturated rings. The number of aliphatic carboxylic acids is 1. The van der Waals surface area contributed by atoms with Crippen molar-refractivity contribution in [3.05, 3.63) is 46.2 Å². The van der Waals surface area contributed by atoms with Crippen molar-refractivity contribution in [3.63, 3.8) is 0 Å². The fourth-order valence-corrected chi connectivity index (χ4v) is 2.36. The summed E-state index contributed by atoms with van der Waals surface area (Å²) in [5.41, 5.74) is 1.97. The summed E-state index contributed by atoms with van der Waals surface area (Å²) in [6.07, 6.45) is 1.49. The van der Waals surface area contributed by atoms with Crippen LogP contribution >= 0.6 is 15.9 Å². The molecule has 0 aliphatic carbocycles. The Kier molecular flexibility index (Phi) is 5.20. The summed E-state index contributed by atoms with van der Waals surface area (Å²) in [4.78, 5) is 23.3. The summed E-state index contributed by atoms with van der Waals surface area (Å²) < 4.78 is 2.63. The van der Waals surface area contributed by atoms with Crippen LogP contribution < -0.4 is 5.32 Å². The predicted octanol–water partition coefficient (Wildman–Crippen LogP) is 2.78. The Bertz CT molecular complexity index is 725. The van der Waals surface area contributed by atoms with Crippen molar-refractivity contribution in [2.45, 2.75) is 26.8 Å². The normalized spacial score (nSPS) is 13.4. The van der Waals surface area contributed by atoms with Gasteiger partial charge in [0.25, 0.3) is 5.91 Å². The van der Waals surface area contributed by atoms with Crippen LogP contribution in [-0.2, 0) is 4.79 Å². The van der Waals surface area contributed by atoms with E-state index in [0.29, 0.717) is 11.3 Å². The van der Waals surface area contributed by atoms with Gasteiger partial charge in [-0.15, -0.1) is 0 Å². The molecule has 7 heteroatoms. The van der Waals surface area contributed by atoms with Crippen molar-refractivity contribution < 1.29 is 14.7 Å². The van der Waals surface area contributed by atoms with Crippen molar-refractivity contribution in [1.82, 2.24) is 15.1 Å². The van der Waals surface area contributed by atoms with Crippen LogP contribution in [0.3, 0.4) is 0 Å². The molecular weight excluding hydrogens is 362 g/mol. The van der Waals surface area contributed by atoms with Crippen LogP contribution in [0.1, 0.15) is 29.9 Å². The van der Waals surface area contributed by atoms with E-state index in [9.17, 15) is 9.59 Å². The van der Waals surface area contributed by atoms with Crippen molar-refractivity contribution in [1.29, 1.82) is 0 Å². The van der Waals surface area contributed by atoms with Gasteiger partial charge in [-0.05, 0) is 45.0 Å². The summed E-state index contributed by atoms with van der Waals surface area (Å²) in [6, 6.07) is 7.09. The highest BCUT2D eigenvalue weighted by molar-refractivity contribution is 9.10. The van der Waals surface area contributed by atoms with E-state index in [1.165, 1.54) is 6.20 Å². The van der Waals surface area contributed by atoms with Crippen LogP contribution in [0, 0.1) is 12.8 Å².